The summed E-state index contributed by atoms with van der Waals surface area (Å²) in [6, 6.07) is 3.99. The Morgan fingerprint density at radius 1 is 1.29 bits per heavy atom. The molecule has 1 aromatic rings. The Morgan fingerprint density at radius 3 is 2.41 bits per heavy atom. The Bertz CT molecular complexity index is 379. The molecule has 0 saturated heterocycles. The smallest absolute Gasteiger partial charge is 0.410 e. The van der Waals surface area contributed by atoms with Crippen molar-refractivity contribution >= 4 is 6.09 Å². The lowest BCUT2D eigenvalue weighted by atomic mass is 10.1. The predicted molar refractivity (Wildman–Crippen MR) is 68.4 cm³/mol. The van der Waals surface area contributed by atoms with E-state index in [1.807, 2.05) is 32.9 Å². The second-order valence-corrected chi connectivity index (χ2v) is 4.19. The maximum absolute atomic E-state index is 11.5. The summed E-state index contributed by atoms with van der Waals surface area (Å²) >= 11 is 0. The topological polar surface area (TPSA) is 64.3 Å². The SMILES string of the molecule is Cc1cc(C)c(OC(=O)NCCCN)c(C)c1. The van der Waals surface area contributed by atoms with Crippen LogP contribution in [0.5, 0.6) is 5.75 Å². The van der Waals surface area contributed by atoms with Crippen molar-refractivity contribution in [3.05, 3.63) is 28.8 Å². The maximum atomic E-state index is 11.5. The van der Waals surface area contributed by atoms with Crippen molar-refractivity contribution in [2.45, 2.75) is 27.2 Å². The first kappa shape index (κ1) is 13.5. The Kier molecular flexibility index (Phi) is 4.97. The quantitative estimate of drug-likeness (QED) is 0.786. The Balaban J connectivity index is 2.65. The summed E-state index contributed by atoms with van der Waals surface area (Å²) in [5, 5.41) is 2.66. The van der Waals surface area contributed by atoms with Gasteiger partial charge in [-0.1, -0.05) is 17.7 Å². The molecule has 0 heterocycles. The minimum absolute atomic E-state index is 0.423. The molecule has 0 aromatic heterocycles. The first-order chi connectivity index (χ1) is 8.04. The van der Waals surface area contributed by atoms with Gasteiger partial charge in [-0.25, -0.2) is 4.79 Å². The summed E-state index contributed by atoms with van der Waals surface area (Å²) in [7, 11) is 0. The van der Waals surface area contributed by atoms with E-state index < -0.39 is 6.09 Å². The first-order valence-electron chi connectivity index (χ1n) is 5.78. The number of nitrogens with one attached hydrogen (secondary N) is 1. The van der Waals surface area contributed by atoms with Gasteiger partial charge < -0.3 is 15.8 Å². The normalized spacial score (nSPS) is 10.1. The zero-order valence-corrected chi connectivity index (χ0v) is 10.7. The van der Waals surface area contributed by atoms with Gasteiger partial charge in [0.1, 0.15) is 5.75 Å². The van der Waals surface area contributed by atoms with Crippen LogP contribution in [0.4, 0.5) is 4.79 Å². The van der Waals surface area contributed by atoms with Crippen molar-refractivity contribution in [2.75, 3.05) is 13.1 Å². The van der Waals surface area contributed by atoms with E-state index in [2.05, 4.69) is 5.32 Å². The third-order valence-electron chi connectivity index (χ3n) is 2.45. The van der Waals surface area contributed by atoms with Crippen LogP contribution in [0.3, 0.4) is 0 Å². The second-order valence-electron chi connectivity index (χ2n) is 4.19. The minimum Gasteiger partial charge on any atom is -0.410 e. The zero-order valence-electron chi connectivity index (χ0n) is 10.7. The minimum atomic E-state index is -0.423. The molecular weight excluding hydrogens is 216 g/mol. The monoisotopic (exact) mass is 236 g/mol. The van der Waals surface area contributed by atoms with Crippen molar-refractivity contribution < 1.29 is 9.53 Å². The summed E-state index contributed by atoms with van der Waals surface area (Å²) in [5.74, 6) is 0.640. The molecule has 0 aliphatic rings. The molecule has 1 amide bonds. The molecule has 0 saturated carbocycles. The fourth-order valence-corrected chi connectivity index (χ4v) is 1.75. The molecule has 4 nitrogen and oxygen atoms in total. The van der Waals surface area contributed by atoms with E-state index in [0.29, 0.717) is 18.8 Å². The fraction of sp³-hybridized carbons (Fsp3) is 0.462. The Labute approximate surface area is 102 Å². The molecule has 0 unspecified atom stereocenters. The van der Waals surface area contributed by atoms with Gasteiger partial charge >= 0.3 is 6.09 Å². The largest absolute Gasteiger partial charge is 0.412 e. The average molecular weight is 236 g/mol. The predicted octanol–water partition coefficient (Wildman–Crippen LogP) is 2.05. The summed E-state index contributed by atoms with van der Waals surface area (Å²) in [5.41, 5.74) is 8.44. The van der Waals surface area contributed by atoms with Crippen LogP contribution >= 0.6 is 0 Å². The van der Waals surface area contributed by atoms with E-state index in [1.54, 1.807) is 0 Å². The third-order valence-corrected chi connectivity index (χ3v) is 2.45. The first-order valence-corrected chi connectivity index (χ1v) is 5.78. The molecular formula is C13H20N2O2. The molecule has 0 fully saturated rings. The van der Waals surface area contributed by atoms with Gasteiger partial charge in [0, 0.05) is 6.54 Å². The van der Waals surface area contributed by atoms with Gasteiger partial charge in [0.2, 0.25) is 0 Å². The fourth-order valence-electron chi connectivity index (χ4n) is 1.75. The Hall–Kier alpha value is -1.55. The standard InChI is InChI=1S/C13H20N2O2/c1-9-7-10(2)12(11(3)8-9)17-13(16)15-6-4-5-14/h7-8H,4-6,14H2,1-3H3,(H,15,16). The highest BCUT2D eigenvalue weighted by molar-refractivity contribution is 5.71. The number of amides is 1. The maximum Gasteiger partial charge on any atom is 0.412 e. The summed E-state index contributed by atoms with van der Waals surface area (Å²) in [4.78, 5) is 11.5. The number of aryl methyl sites for hydroxylation is 3. The van der Waals surface area contributed by atoms with Crippen LogP contribution < -0.4 is 15.8 Å². The highest BCUT2D eigenvalue weighted by atomic mass is 16.6. The number of carbonyl (C=O) groups excluding carboxylic acids is 1. The molecule has 0 atom stereocenters. The number of rotatable bonds is 4. The number of benzene rings is 1. The molecule has 3 N–H and O–H groups in total. The molecule has 17 heavy (non-hydrogen) atoms. The number of ether oxygens (including phenoxy) is 1. The number of nitrogens with two attached hydrogens (primary N) is 1. The lowest BCUT2D eigenvalue weighted by Gasteiger charge is -2.12. The molecule has 0 radical (unpaired) electrons. The van der Waals surface area contributed by atoms with Crippen LogP contribution in [-0.2, 0) is 0 Å². The molecule has 94 valence electrons. The zero-order chi connectivity index (χ0) is 12.8. The van der Waals surface area contributed by atoms with Crippen molar-refractivity contribution in [3.8, 4) is 5.75 Å². The van der Waals surface area contributed by atoms with Gasteiger partial charge in [-0.05, 0) is 44.9 Å². The van der Waals surface area contributed by atoms with Crippen molar-refractivity contribution in [1.82, 2.24) is 5.32 Å². The van der Waals surface area contributed by atoms with E-state index in [-0.39, 0.29) is 0 Å². The molecule has 0 aliphatic heterocycles. The molecule has 1 aromatic carbocycles. The molecule has 0 bridgehead atoms. The van der Waals surface area contributed by atoms with Crippen LogP contribution in [0, 0.1) is 20.8 Å². The van der Waals surface area contributed by atoms with E-state index in [0.717, 1.165) is 23.1 Å². The van der Waals surface area contributed by atoms with Crippen LogP contribution in [0.2, 0.25) is 0 Å². The number of hydrogen-bond donors (Lipinski definition) is 2. The van der Waals surface area contributed by atoms with Gasteiger partial charge in [0.15, 0.2) is 0 Å². The third kappa shape index (κ3) is 4.07. The van der Waals surface area contributed by atoms with E-state index in [1.165, 1.54) is 0 Å². The van der Waals surface area contributed by atoms with E-state index in [4.69, 9.17) is 10.5 Å². The summed E-state index contributed by atoms with van der Waals surface area (Å²) in [6.07, 6.45) is 0.328. The summed E-state index contributed by atoms with van der Waals surface area (Å²) < 4.78 is 5.29. The van der Waals surface area contributed by atoms with Gasteiger partial charge in [-0.2, -0.15) is 0 Å². The van der Waals surface area contributed by atoms with Crippen molar-refractivity contribution in [1.29, 1.82) is 0 Å². The van der Waals surface area contributed by atoms with Gasteiger partial charge in [0.05, 0.1) is 0 Å². The second kappa shape index (κ2) is 6.25. The average Bonchev–Trinajstić information content (AvgIpc) is 2.24. The van der Waals surface area contributed by atoms with Gasteiger partial charge in [-0.15, -0.1) is 0 Å². The highest BCUT2D eigenvalue weighted by Crippen LogP contribution is 2.24. The molecule has 0 aliphatic carbocycles. The number of hydrogen-bond acceptors (Lipinski definition) is 3. The van der Waals surface area contributed by atoms with E-state index >= 15 is 0 Å². The highest BCUT2D eigenvalue weighted by Gasteiger charge is 2.09. The van der Waals surface area contributed by atoms with Crippen LogP contribution in [-0.4, -0.2) is 19.2 Å². The van der Waals surface area contributed by atoms with Crippen LogP contribution in [0.15, 0.2) is 12.1 Å². The lowest BCUT2D eigenvalue weighted by molar-refractivity contribution is 0.200. The lowest BCUT2D eigenvalue weighted by Crippen LogP contribution is -2.29. The molecule has 1 rings (SSSR count). The summed E-state index contributed by atoms with van der Waals surface area (Å²) in [6.45, 7) is 6.98. The van der Waals surface area contributed by atoms with Gasteiger partial charge in [0.25, 0.3) is 0 Å². The van der Waals surface area contributed by atoms with Crippen molar-refractivity contribution in [3.63, 3.8) is 0 Å². The van der Waals surface area contributed by atoms with E-state index in [9.17, 15) is 4.79 Å². The molecule has 0 spiro atoms. The Morgan fingerprint density at radius 2 is 1.88 bits per heavy atom. The van der Waals surface area contributed by atoms with Crippen molar-refractivity contribution in [2.24, 2.45) is 5.73 Å². The molecule has 4 heteroatoms. The van der Waals surface area contributed by atoms with Gasteiger partial charge in [-0.3, -0.25) is 0 Å². The number of carbonyl (C=O) groups is 1. The van der Waals surface area contributed by atoms with Crippen LogP contribution in [0.25, 0.3) is 0 Å². The van der Waals surface area contributed by atoms with Crippen LogP contribution in [0.1, 0.15) is 23.1 Å².